The summed E-state index contributed by atoms with van der Waals surface area (Å²) in [5.41, 5.74) is 0. The number of piperidine rings is 1. The van der Waals surface area contributed by atoms with Gasteiger partial charge in [0.15, 0.2) is 0 Å². The highest BCUT2D eigenvalue weighted by molar-refractivity contribution is 7.89. The Hall–Kier alpha value is -1.02. The summed E-state index contributed by atoms with van der Waals surface area (Å²) in [6, 6.07) is 5.01. The van der Waals surface area contributed by atoms with Crippen molar-refractivity contribution in [2.24, 2.45) is 0 Å². The number of hydrogen-bond donors (Lipinski definition) is 1. The van der Waals surface area contributed by atoms with E-state index < -0.39 is 15.8 Å². The van der Waals surface area contributed by atoms with Crippen LogP contribution in [0.3, 0.4) is 0 Å². The lowest BCUT2D eigenvalue weighted by Crippen LogP contribution is -2.47. The molecule has 5 nitrogen and oxygen atoms in total. The lowest BCUT2D eigenvalue weighted by atomic mass is 10.1. The van der Waals surface area contributed by atoms with Gasteiger partial charge in [-0.05, 0) is 63.4 Å². The van der Waals surface area contributed by atoms with E-state index in [-0.39, 0.29) is 10.9 Å². The van der Waals surface area contributed by atoms with Crippen LogP contribution in [0.5, 0.6) is 0 Å². The summed E-state index contributed by atoms with van der Waals surface area (Å²) in [6.07, 6.45) is 5.04. The Morgan fingerprint density at radius 3 is 2.92 bits per heavy atom. The summed E-state index contributed by atoms with van der Waals surface area (Å²) in [5, 5.41) is 0. The van der Waals surface area contributed by atoms with E-state index in [0.717, 1.165) is 57.9 Å². The van der Waals surface area contributed by atoms with Crippen molar-refractivity contribution in [3.05, 3.63) is 30.1 Å². The number of methoxy groups -OCH3 is 1. The van der Waals surface area contributed by atoms with Gasteiger partial charge in [-0.2, -0.15) is 0 Å². The normalized spacial score (nSPS) is 19.5. The molecule has 1 N–H and O–H groups in total. The standard InChI is InChI=1S/C17H27FN2O3S/c1-23-12-4-2-3-10-20-11-6-8-16(14-20)19-24(21,22)17-9-5-7-15(18)13-17/h5,7,9,13,16,19H,2-4,6,8,10-12,14H2,1H3. The topological polar surface area (TPSA) is 58.6 Å². The van der Waals surface area contributed by atoms with Crippen molar-refractivity contribution in [2.75, 3.05) is 33.4 Å². The Morgan fingerprint density at radius 1 is 1.33 bits per heavy atom. The molecule has 0 amide bonds. The molecule has 1 atom stereocenters. The second-order valence-electron chi connectivity index (χ2n) is 6.27. The van der Waals surface area contributed by atoms with E-state index >= 15 is 0 Å². The molecule has 1 aromatic carbocycles. The van der Waals surface area contributed by atoms with Crippen LogP contribution in [-0.2, 0) is 14.8 Å². The number of nitrogens with zero attached hydrogens (tertiary/aromatic N) is 1. The minimum absolute atomic E-state index is 0.0146. The molecule has 0 aromatic heterocycles. The molecular weight excluding hydrogens is 331 g/mol. The third kappa shape index (κ3) is 6.12. The predicted octanol–water partition coefficient (Wildman–Crippen LogP) is 2.39. The molecule has 1 aromatic rings. The van der Waals surface area contributed by atoms with Gasteiger partial charge < -0.3 is 9.64 Å². The first kappa shape index (κ1) is 19.3. The van der Waals surface area contributed by atoms with Crippen LogP contribution in [0.15, 0.2) is 29.2 Å². The molecule has 1 aliphatic heterocycles. The number of rotatable bonds is 9. The second kappa shape index (κ2) is 9.46. The van der Waals surface area contributed by atoms with Gasteiger partial charge in [0.05, 0.1) is 4.90 Å². The highest BCUT2D eigenvalue weighted by Crippen LogP contribution is 2.16. The van der Waals surface area contributed by atoms with Gasteiger partial charge in [-0.1, -0.05) is 6.07 Å². The zero-order valence-corrected chi connectivity index (χ0v) is 15.0. The Kier molecular flexibility index (Phi) is 7.61. The molecule has 2 rings (SSSR count). The summed E-state index contributed by atoms with van der Waals surface area (Å²) >= 11 is 0. The fraction of sp³-hybridized carbons (Fsp3) is 0.647. The number of unbranched alkanes of at least 4 members (excludes halogenated alkanes) is 2. The van der Waals surface area contributed by atoms with Crippen LogP contribution in [-0.4, -0.2) is 52.7 Å². The molecule has 1 unspecified atom stereocenters. The van der Waals surface area contributed by atoms with Gasteiger partial charge >= 0.3 is 0 Å². The Bertz CT molecular complexity index is 610. The zero-order valence-electron chi connectivity index (χ0n) is 14.2. The molecule has 0 aliphatic carbocycles. The first-order valence-corrected chi connectivity index (χ1v) is 9.99. The SMILES string of the molecule is COCCCCCN1CCCC(NS(=O)(=O)c2cccc(F)c2)C1. The molecule has 0 saturated carbocycles. The minimum atomic E-state index is -3.67. The van der Waals surface area contributed by atoms with Gasteiger partial charge in [-0.25, -0.2) is 17.5 Å². The van der Waals surface area contributed by atoms with Crippen LogP contribution in [0.2, 0.25) is 0 Å². The smallest absolute Gasteiger partial charge is 0.240 e. The fourth-order valence-electron chi connectivity index (χ4n) is 3.04. The Labute approximate surface area is 144 Å². The molecule has 136 valence electrons. The molecular formula is C17H27FN2O3S. The van der Waals surface area contributed by atoms with Crippen molar-refractivity contribution in [1.29, 1.82) is 0 Å². The fourth-order valence-corrected chi connectivity index (χ4v) is 4.33. The van der Waals surface area contributed by atoms with Crippen LogP contribution in [0, 0.1) is 5.82 Å². The van der Waals surface area contributed by atoms with Gasteiger partial charge in [0.2, 0.25) is 10.0 Å². The predicted molar refractivity (Wildman–Crippen MR) is 91.9 cm³/mol. The van der Waals surface area contributed by atoms with Crippen molar-refractivity contribution in [3.8, 4) is 0 Å². The van der Waals surface area contributed by atoms with Gasteiger partial charge in [0, 0.05) is 26.3 Å². The Balaban J connectivity index is 1.83. The number of ether oxygens (including phenoxy) is 1. The third-order valence-electron chi connectivity index (χ3n) is 4.26. The van der Waals surface area contributed by atoms with Crippen molar-refractivity contribution in [2.45, 2.75) is 43.0 Å². The second-order valence-corrected chi connectivity index (χ2v) is 7.99. The summed E-state index contributed by atoms with van der Waals surface area (Å²) in [7, 11) is -1.96. The molecule has 1 fully saturated rings. The van der Waals surface area contributed by atoms with Crippen molar-refractivity contribution in [1.82, 2.24) is 9.62 Å². The van der Waals surface area contributed by atoms with Crippen LogP contribution >= 0.6 is 0 Å². The van der Waals surface area contributed by atoms with E-state index in [2.05, 4.69) is 9.62 Å². The van der Waals surface area contributed by atoms with E-state index in [4.69, 9.17) is 4.74 Å². The van der Waals surface area contributed by atoms with Gasteiger partial charge in [-0.15, -0.1) is 0 Å². The highest BCUT2D eigenvalue weighted by atomic mass is 32.2. The highest BCUT2D eigenvalue weighted by Gasteiger charge is 2.25. The molecule has 0 radical (unpaired) electrons. The first-order chi connectivity index (χ1) is 11.5. The van der Waals surface area contributed by atoms with E-state index in [1.807, 2.05) is 0 Å². The first-order valence-electron chi connectivity index (χ1n) is 8.50. The van der Waals surface area contributed by atoms with Gasteiger partial charge in [-0.3, -0.25) is 0 Å². The zero-order chi connectivity index (χ0) is 17.4. The van der Waals surface area contributed by atoms with Crippen molar-refractivity contribution in [3.63, 3.8) is 0 Å². The summed E-state index contributed by atoms with van der Waals surface area (Å²) in [4.78, 5) is 2.29. The maximum absolute atomic E-state index is 13.3. The summed E-state index contributed by atoms with van der Waals surface area (Å²) < 4.78 is 45.8. The maximum atomic E-state index is 13.3. The minimum Gasteiger partial charge on any atom is -0.385 e. The van der Waals surface area contributed by atoms with E-state index in [0.29, 0.717) is 6.54 Å². The molecule has 1 heterocycles. The third-order valence-corrected chi connectivity index (χ3v) is 5.77. The molecule has 0 spiro atoms. The lowest BCUT2D eigenvalue weighted by Gasteiger charge is -2.33. The maximum Gasteiger partial charge on any atom is 0.240 e. The quantitative estimate of drug-likeness (QED) is 0.689. The lowest BCUT2D eigenvalue weighted by molar-refractivity contribution is 0.180. The number of halogens is 1. The molecule has 1 saturated heterocycles. The van der Waals surface area contributed by atoms with Crippen LogP contribution < -0.4 is 4.72 Å². The number of likely N-dealkylation sites (tertiary alicyclic amines) is 1. The number of hydrogen-bond acceptors (Lipinski definition) is 4. The van der Waals surface area contributed by atoms with Gasteiger partial charge in [0.1, 0.15) is 5.82 Å². The van der Waals surface area contributed by atoms with Crippen LogP contribution in [0.25, 0.3) is 0 Å². The molecule has 1 aliphatic rings. The van der Waals surface area contributed by atoms with Crippen molar-refractivity contribution >= 4 is 10.0 Å². The van der Waals surface area contributed by atoms with E-state index in [1.165, 1.54) is 18.2 Å². The number of nitrogens with one attached hydrogen (secondary N) is 1. The molecule has 7 heteroatoms. The molecule has 0 bridgehead atoms. The number of benzene rings is 1. The molecule has 24 heavy (non-hydrogen) atoms. The number of sulfonamides is 1. The van der Waals surface area contributed by atoms with E-state index in [1.54, 1.807) is 7.11 Å². The largest absolute Gasteiger partial charge is 0.385 e. The van der Waals surface area contributed by atoms with E-state index in [9.17, 15) is 12.8 Å². The van der Waals surface area contributed by atoms with Crippen LogP contribution in [0.4, 0.5) is 4.39 Å². The summed E-state index contributed by atoms with van der Waals surface area (Å²) in [6.45, 7) is 3.47. The Morgan fingerprint density at radius 2 is 2.17 bits per heavy atom. The summed E-state index contributed by atoms with van der Waals surface area (Å²) in [5.74, 6) is -0.542. The van der Waals surface area contributed by atoms with Crippen molar-refractivity contribution < 1.29 is 17.5 Å². The van der Waals surface area contributed by atoms with Gasteiger partial charge in [0.25, 0.3) is 0 Å². The average molecular weight is 358 g/mol. The monoisotopic (exact) mass is 358 g/mol. The van der Waals surface area contributed by atoms with Crippen LogP contribution in [0.1, 0.15) is 32.1 Å². The average Bonchev–Trinajstić information content (AvgIpc) is 2.55.